The second-order valence-corrected chi connectivity index (χ2v) is 4.79. The Hall–Kier alpha value is -0.440. The van der Waals surface area contributed by atoms with E-state index in [0.717, 1.165) is 38.5 Å². The number of hydrogen-bond acceptors (Lipinski definition) is 2. The maximum Gasteiger partial charge on any atom is 0.212 e. The van der Waals surface area contributed by atoms with Crippen LogP contribution in [0, 0.1) is 4.91 Å². The van der Waals surface area contributed by atoms with Crippen molar-refractivity contribution in [2.24, 2.45) is 5.73 Å². The van der Waals surface area contributed by atoms with Crippen molar-refractivity contribution in [3.8, 4) is 0 Å². The molecule has 1 heterocycles. The van der Waals surface area contributed by atoms with Crippen molar-refractivity contribution >= 4 is 0 Å². The summed E-state index contributed by atoms with van der Waals surface area (Å²) in [6.07, 6.45) is 6.33. The Bertz CT molecular complexity index is 225. The molecule has 2 rings (SSSR count). The largest absolute Gasteiger partial charge is 0.327 e. The molecule has 1 saturated carbocycles. The van der Waals surface area contributed by atoms with Crippen molar-refractivity contribution in [1.29, 1.82) is 0 Å². The molecule has 3 nitrogen and oxygen atoms in total. The van der Waals surface area contributed by atoms with E-state index in [0.29, 0.717) is 0 Å². The molecular weight excluding hydrogens is 164 g/mol. The van der Waals surface area contributed by atoms with E-state index >= 15 is 0 Å². The van der Waals surface area contributed by atoms with Crippen LogP contribution in [0.5, 0.6) is 0 Å². The van der Waals surface area contributed by atoms with Gasteiger partial charge in [0.1, 0.15) is 0 Å². The number of nitrogens with zero attached hydrogens (tertiary/aromatic N) is 1. The van der Waals surface area contributed by atoms with E-state index in [1.165, 1.54) is 4.76 Å². The van der Waals surface area contributed by atoms with Crippen LogP contribution in [0.2, 0.25) is 0 Å². The Morgan fingerprint density at radius 1 is 1.38 bits per heavy atom. The van der Waals surface area contributed by atoms with Gasteiger partial charge in [-0.2, -0.15) is 0 Å². The molecule has 1 unspecified atom stereocenters. The Balaban J connectivity index is 2.15. The van der Waals surface area contributed by atoms with E-state index in [4.69, 9.17) is 5.73 Å². The van der Waals surface area contributed by atoms with Crippen LogP contribution in [0.1, 0.15) is 45.4 Å². The molecule has 1 saturated heterocycles. The lowest BCUT2D eigenvalue weighted by molar-refractivity contribution is -0.637. The van der Waals surface area contributed by atoms with Gasteiger partial charge in [-0.1, -0.05) is 0 Å². The molecule has 0 amide bonds. The van der Waals surface area contributed by atoms with Crippen LogP contribution in [0.25, 0.3) is 0 Å². The smallest absolute Gasteiger partial charge is 0.212 e. The summed E-state index contributed by atoms with van der Waals surface area (Å²) in [5.41, 5.74) is 5.86. The Morgan fingerprint density at radius 3 is 2.69 bits per heavy atom. The maximum absolute atomic E-state index is 11.9. The second kappa shape index (κ2) is 3.05. The van der Waals surface area contributed by atoms with E-state index < -0.39 is 0 Å². The average molecular weight is 183 g/mol. The molecule has 0 radical (unpaired) electrons. The summed E-state index contributed by atoms with van der Waals surface area (Å²) in [5, 5.41) is 0. The van der Waals surface area contributed by atoms with E-state index in [2.05, 4.69) is 0 Å². The molecule has 0 bridgehead atoms. The van der Waals surface area contributed by atoms with Gasteiger partial charge in [0, 0.05) is 48.3 Å². The molecule has 3 atom stereocenters. The predicted octanol–water partition coefficient (Wildman–Crippen LogP) is 1.59. The minimum Gasteiger partial charge on any atom is -0.327 e. The molecule has 2 fully saturated rings. The van der Waals surface area contributed by atoms with E-state index in [1.807, 2.05) is 6.92 Å². The first kappa shape index (κ1) is 9.13. The molecule has 74 valence electrons. The minimum atomic E-state index is -0.0723. The van der Waals surface area contributed by atoms with Crippen LogP contribution >= 0.6 is 0 Å². The van der Waals surface area contributed by atoms with Crippen LogP contribution < -0.4 is 5.73 Å². The Morgan fingerprint density at radius 2 is 2.15 bits per heavy atom. The molecule has 2 aliphatic rings. The molecule has 0 aromatic rings. The molecule has 3 heteroatoms. The molecule has 0 aromatic carbocycles. The fourth-order valence-electron chi connectivity index (χ4n) is 2.99. The van der Waals surface area contributed by atoms with Gasteiger partial charge in [-0.3, -0.25) is 0 Å². The van der Waals surface area contributed by atoms with Gasteiger partial charge in [0.2, 0.25) is 5.54 Å². The average Bonchev–Trinajstić information content (AvgIpc) is 2.35. The van der Waals surface area contributed by atoms with Gasteiger partial charge in [-0.15, -0.1) is 0 Å². The highest BCUT2D eigenvalue weighted by atomic mass is 16.3. The third kappa shape index (κ3) is 1.39. The third-order valence-electron chi connectivity index (χ3n) is 3.75. The van der Waals surface area contributed by atoms with Gasteiger partial charge < -0.3 is 5.73 Å². The molecular formula is C10H19N2O+. The monoisotopic (exact) mass is 183 g/mol. The number of hydrogen-bond donors (Lipinski definition) is 1. The first-order valence-electron chi connectivity index (χ1n) is 5.36. The molecule has 1 spiro atoms. The maximum atomic E-state index is 11.9. The van der Waals surface area contributed by atoms with Crippen LogP contribution in [0.3, 0.4) is 0 Å². The molecule has 0 aromatic heterocycles. The van der Waals surface area contributed by atoms with Crippen molar-refractivity contribution in [1.82, 2.24) is 0 Å². The normalized spacial score (nSPS) is 45.8. The van der Waals surface area contributed by atoms with Crippen LogP contribution in [0.15, 0.2) is 0 Å². The van der Waals surface area contributed by atoms with Crippen LogP contribution in [-0.2, 0) is 0 Å². The lowest BCUT2D eigenvalue weighted by atomic mass is 9.78. The van der Waals surface area contributed by atoms with Crippen LogP contribution in [-0.4, -0.2) is 22.4 Å². The third-order valence-corrected chi connectivity index (χ3v) is 3.75. The van der Waals surface area contributed by atoms with E-state index in [1.54, 1.807) is 0 Å². The number of nitroso groups, excluding NO2 is 1. The summed E-state index contributed by atoms with van der Waals surface area (Å²) in [5.74, 6) is 0. The topological polar surface area (TPSA) is 46.1 Å². The fourth-order valence-corrected chi connectivity index (χ4v) is 2.99. The highest BCUT2D eigenvalue weighted by Crippen LogP contribution is 2.40. The van der Waals surface area contributed by atoms with Crippen LogP contribution in [0.4, 0.5) is 0 Å². The Labute approximate surface area is 79.3 Å². The standard InChI is InChI=1S/C10H19N2O/c1-8-4-6-10(12(8)13)5-2-3-9(11)7-10/h8-9H,2-7,11H2,1H3/q+1/t8-,9?,10-/m1/s1. The summed E-state index contributed by atoms with van der Waals surface area (Å²) in [6.45, 7) is 2.03. The van der Waals surface area contributed by atoms with Gasteiger partial charge in [0.15, 0.2) is 6.04 Å². The minimum absolute atomic E-state index is 0.0723. The molecule has 1 aliphatic heterocycles. The summed E-state index contributed by atoms with van der Waals surface area (Å²) in [4.78, 5) is 11.9. The van der Waals surface area contributed by atoms with E-state index in [-0.39, 0.29) is 17.6 Å². The number of rotatable bonds is 0. The van der Waals surface area contributed by atoms with Crippen molar-refractivity contribution in [3.05, 3.63) is 4.91 Å². The highest BCUT2D eigenvalue weighted by molar-refractivity contribution is 4.92. The number of nitrogens with two attached hydrogens (primary N) is 1. The summed E-state index contributed by atoms with van der Waals surface area (Å²) < 4.78 is 1.34. The lowest BCUT2D eigenvalue weighted by Gasteiger charge is -2.29. The van der Waals surface area contributed by atoms with Gasteiger partial charge in [0.25, 0.3) is 0 Å². The molecule has 13 heavy (non-hydrogen) atoms. The van der Waals surface area contributed by atoms with E-state index in [9.17, 15) is 4.91 Å². The zero-order chi connectivity index (χ0) is 9.47. The highest BCUT2D eigenvalue weighted by Gasteiger charge is 2.55. The summed E-state index contributed by atoms with van der Waals surface area (Å²) in [7, 11) is 0. The first-order chi connectivity index (χ1) is 6.14. The van der Waals surface area contributed by atoms with Crippen molar-refractivity contribution < 1.29 is 4.76 Å². The first-order valence-corrected chi connectivity index (χ1v) is 5.36. The zero-order valence-electron chi connectivity index (χ0n) is 8.33. The second-order valence-electron chi connectivity index (χ2n) is 4.79. The fraction of sp³-hybridized carbons (Fsp3) is 1.00. The van der Waals surface area contributed by atoms with Gasteiger partial charge >= 0.3 is 0 Å². The SMILES string of the molecule is C[C@@H]1CC[C@@]2(CCCC(N)C2)[N+]1=O. The van der Waals surface area contributed by atoms with Crippen molar-refractivity contribution in [3.63, 3.8) is 0 Å². The zero-order valence-corrected chi connectivity index (χ0v) is 8.33. The van der Waals surface area contributed by atoms with Gasteiger partial charge in [-0.25, -0.2) is 0 Å². The van der Waals surface area contributed by atoms with Crippen molar-refractivity contribution in [2.75, 3.05) is 0 Å². The molecule has 1 aliphatic carbocycles. The van der Waals surface area contributed by atoms with Gasteiger partial charge in [0.05, 0.1) is 0 Å². The predicted molar refractivity (Wildman–Crippen MR) is 51.5 cm³/mol. The molecule has 2 N–H and O–H groups in total. The van der Waals surface area contributed by atoms with Gasteiger partial charge in [-0.05, 0) is 12.8 Å². The summed E-state index contributed by atoms with van der Waals surface area (Å²) >= 11 is 0. The Kier molecular flexibility index (Phi) is 2.14. The van der Waals surface area contributed by atoms with Crippen molar-refractivity contribution in [2.45, 2.75) is 63.1 Å². The summed E-state index contributed by atoms with van der Waals surface area (Å²) in [6, 6.07) is 0.473. The quantitative estimate of drug-likeness (QED) is 0.580. The lowest BCUT2D eigenvalue weighted by Crippen LogP contribution is -2.46.